The Hall–Kier alpha value is -5.60. The van der Waals surface area contributed by atoms with Crippen molar-refractivity contribution in [3.63, 3.8) is 0 Å². The summed E-state index contributed by atoms with van der Waals surface area (Å²) in [4.78, 5) is 9.69. The van der Waals surface area contributed by atoms with Gasteiger partial charge in [-0.3, -0.25) is 0 Å². The largest absolute Gasteiger partial charge is 0.493 e. The summed E-state index contributed by atoms with van der Waals surface area (Å²) in [6.45, 7) is 0. The summed E-state index contributed by atoms with van der Waals surface area (Å²) in [5, 5.41) is 1.89. The smallest absolute Gasteiger partial charge is 0.203 e. The van der Waals surface area contributed by atoms with E-state index in [0.717, 1.165) is 21.8 Å². The van der Waals surface area contributed by atoms with Gasteiger partial charge in [-0.2, -0.15) is 0 Å². The normalized spacial score (nSPS) is 10.2. The average Bonchev–Trinajstić information content (AvgIpc) is 3.04. The lowest BCUT2D eigenvalue weighted by molar-refractivity contribution is 0.324. The van der Waals surface area contributed by atoms with Crippen molar-refractivity contribution in [2.75, 3.05) is 42.7 Å². The number of nitrogens with zero attached hydrogens (tertiary/aromatic N) is 2. The van der Waals surface area contributed by atoms with Gasteiger partial charge in [0, 0.05) is 21.9 Å². The standard InChI is InChI=1S/C34H28N2O6/c1-37-27-17-21(18-28(38-2)33(27)41-5)7-13-25-15-11-23-9-10-24-12-16-26(36-32(24)31(23)35-25)14-8-22-19-29(39-3)34(42-6)30(20-22)40-4/h9-12,15-20H,1-6H3. The van der Waals surface area contributed by atoms with Crippen molar-refractivity contribution in [3.8, 4) is 58.2 Å². The second-order valence-electron chi connectivity index (χ2n) is 8.93. The van der Waals surface area contributed by atoms with Crippen molar-refractivity contribution in [2.45, 2.75) is 0 Å². The highest BCUT2D eigenvalue weighted by Gasteiger charge is 2.13. The highest BCUT2D eigenvalue weighted by Crippen LogP contribution is 2.39. The number of fused-ring (bicyclic) bond motifs is 3. The van der Waals surface area contributed by atoms with E-state index in [9.17, 15) is 0 Å². The van der Waals surface area contributed by atoms with Crippen LogP contribution in [0.5, 0.6) is 34.5 Å². The molecule has 0 unspecified atom stereocenters. The van der Waals surface area contributed by atoms with Gasteiger partial charge in [0.15, 0.2) is 23.0 Å². The van der Waals surface area contributed by atoms with Gasteiger partial charge in [0.05, 0.1) is 53.7 Å². The van der Waals surface area contributed by atoms with E-state index in [1.807, 2.05) is 36.4 Å². The Bertz CT molecular complexity index is 1740. The van der Waals surface area contributed by atoms with Crippen molar-refractivity contribution < 1.29 is 28.4 Å². The van der Waals surface area contributed by atoms with Crippen molar-refractivity contribution in [1.29, 1.82) is 0 Å². The number of rotatable bonds is 6. The fraction of sp³-hybridized carbons (Fsp3) is 0.176. The molecule has 0 spiro atoms. The van der Waals surface area contributed by atoms with E-state index >= 15 is 0 Å². The fourth-order valence-electron chi connectivity index (χ4n) is 4.49. The molecule has 0 aliphatic rings. The molecule has 42 heavy (non-hydrogen) atoms. The Kier molecular flexibility index (Phi) is 8.17. The molecule has 3 aromatic carbocycles. The molecule has 0 N–H and O–H groups in total. The van der Waals surface area contributed by atoms with Gasteiger partial charge in [-0.1, -0.05) is 24.0 Å². The molecule has 210 valence electrons. The van der Waals surface area contributed by atoms with Crippen molar-refractivity contribution in [3.05, 3.63) is 83.2 Å². The summed E-state index contributed by atoms with van der Waals surface area (Å²) in [5.41, 5.74) is 4.07. The van der Waals surface area contributed by atoms with E-state index < -0.39 is 0 Å². The topological polar surface area (TPSA) is 81.2 Å². The first kappa shape index (κ1) is 27.9. The molecule has 0 amide bonds. The van der Waals surface area contributed by atoms with E-state index in [1.54, 1.807) is 66.9 Å². The first-order chi connectivity index (χ1) is 20.5. The zero-order valence-electron chi connectivity index (χ0n) is 24.1. The summed E-state index contributed by atoms with van der Waals surface area (Å²) >= 11 is 0. The maximum atomic E-state index is 5.44. The summed E-state index contributed by atoms with van der Waals surface area (Å²) in [5.74, 6) is 15.7. The molecule has 0 bridgehead atoms. The SMILES string of the molecule is COc1cc(C#Cc2ccc3ccc4ccc(C#Cc5cc(OC)c(OC)c(OC)c5)nc4c3n2)cc(OC)c1OC. The molecule has 0 aliphatic carbocycles. The zero-order chi connectivity index (χ0) is 29.6. The number of ether oxygens (including phenoxy) is 6. The van der Waals surface area contributed by atoms with Crippen LogP contribution in [0.2, 0.25) is 0 Å². The van der Waals surface area contributed by atoms with Gasteiger partial charge >= 0.3 is 0 Å². The van der Waals surface area contributed by atoms with Crippen LogP contribution < -0.4 is 28.4 Å². The summed E-state index contributed by atoms with van der Waals surface area (Å²) in [6, 6.07) is 19.0. The van der Waals surface area contributed by atoms with E-state index in [1.165, 1.54) is 0 Å². The van der Waals surface area contributed by atoms with Gasteiger partial charge in [-0.15, -0.1) is 0 Å². The predicted octanol–water partition coefficient (Wildman–Crippen LogP) is 5.63. The van der Waals surface area contributed by atoms with Gasteiger partial charge in [0.1, 0.15) is 11.4 Å². The van der Waals surface area contributed by atoms with Crippen LogP contribution in [0.15, 0.2) is 60.7 Å². The van der Waals surface area contributed by atoms with Gasteiger partial charge in [0.2, 0.25) is 11.5 Å². The van der Waals surface area contributed by atoms with Gasteiger partial charge in [-0.25, -0.2) is 9.97 Å². The van der Waals surface area contributed by atoms with Crippen molar-refractivity contribution in [1.82, 2.24) is 9.97 Å². The molecule has 5 rings (SSSR count). The lowest BCUT2D eigenvalue weighted by Crippen LogP contribution is -1.96. The van der Waals surface area contributed by atoms with Gasteiger partial charge in [-0.05, 0) is 60.4 Å². The lowest BCUT2D eigenvalue weighted by Gasteiger charge is -2.12. The number of benzene rings is 3. The summed E-state index contributed by atoms with van der Waals surface area (Å²) < 4.78 is 32.6. The van der Waals surface area contributed by atoms with Crippen LogP contribution in [0.3, 0.4) is 0 Å². The van der Waals surface area contributed by atoms with Crippen LogP contribution in [0.1, 0.15) is 22.5 Å². The van der Waals surface area contributed by atoms with E-state index in [4.69, 9.17) is 38.4 Å². The lowest BCUT2D eigenvalue weighted by atomic mass is 10.1. The van der Waals surface area contributed by atoms with Crippen LogP contribution >= 0.6 is 0 Å². The average molecular weight is 561 g/mol. The van der Waals surface area contributed by atoms with E-state index in [0.29, 0.717) is 57.0 Å². The molecule has 5 aromatic rings. The van der Waals surface area contributed by atoms with Gasteiger partial charge in [0.25, 0.3) is 0 Å². The summed E-state index contributed by atoms with van der Waals surface area (Å²) in [6.07, 6.45) is 0. The highest BCUT2D eigenvalue weighted by molar-refractivity contribution is 6.03. The minimum absolute atomic E-state index is 0.510. The van der Waals surface area contributed by atoms with Crippen LogP contribution in [0.25, 0.3) is 21.8 Å². The Morgan fingerprint density at radius 1 is 0.429 bits per heavy atom. The summed E-state index contributed by atoms with van der Waals surface area (Å²) in [7, 11) is 9.41. The first-order valence-corrected chi connectivity index (χ1v) is 12.9. The fourth-order valence-corrected chi connectivity index (χ4v) is 4.49. The number of hydrogen-bond donors (Lipinski definition) is 0. The number of methoxy groups -OCH3 is 6. The van der Waals surface area contributed by atoms with Gasteiger partial charge < -0.3 is 28.4 Å². The molecule has 2 heterocycles. The molecule has 0 aliphatic heterocycles. The molecule has 0 saturated heterocycles. The van der Waals surface area contributed by atoms with E-state index in [2.05, 4.69) is 23.7 Å². The third-order valence-corrected chi connectivity index (χ3v) is 6.52. The molecule has 0 radical (unpaired) electrons. The monoisotopic (exact) mass is 560 g/mol. The second-order valence-corrected chi connectivity index (χ2v) is 8.93. The molecule has 0 fully saturated rings. The van der Waals surface area contributed by atoms with E-state index in [-0.39, 0.29) is 0 Å². The van der Waals surface area contributed by atoms with Crippen LogP contribution in [-0.2, 0) is 0 Å². The van der Waals surface area contributed by atoms with Crippen molar-refractivity contribution >= 4 is 21.8 Å². The number of hydrogen-bond acceptors (Lipinski definition) is 8. The molecule has 2 aromatic heterocycles. The Morgan fingerprint density at radius 3 is 1.07 bits per heavy atom. The molecule has 0 atom stereocenters. The second kappa shape index (κ2) is 12.3. The Morgan fingerprint density at radius 2 is 0.762 bits per heavy atom. The Labute approximate surface area is 244 Å². The minimum atomic E-state index is 0.510. The quantitative estimate of drug-likeness (QED) is 0.195. The Balaban J connectivity index is 1.54. The highest BCUT2D eigenvalue weighted by atomic mass is 16.5. The van der Waals surface area contributed by atoms with Crippen LogP contribution in [0.4, 0.5) is 0 Å². The van der Waals surface area contributed by atoms with Crippen LogP contribution in [0, 0.1) is 23.7 Å². The molecule has 8 nitrogen and oxygen atoms in total. The zero-order valence-corrected chi connectivity index (χ0v) is 24.1. The number of aromatic nitrogens is 2. The first-order valence-electron chi connectivity index (χ1n) is 12.9. The third kappa shape index (κ3) is 5.52. The maximum absolute atomic E-state index is 5.44. The molecule has 8 heteroatoms. The molecular formula is C34H28N2O6. The minimum Gasteiger partial charge on any atom is -0.493 e. The predicted molar refractivity (Wildman–Crippen MR) is 161 cm³/mol. The van der Waals surface area contributed by atoms with Crippen LogP contribution in [-0.4, -0.2) is 52.6 Å². The molecular weight excluding hydrogens is 532 g/mol. The number of pyridine rings is 2. The maximum Gasteiger partial charge on any atom is 0.203 e. The molecule has 0 saturated carbocycles. The van der Waals surface area contributed by atoms with Crippen molar-refractivity contribution in [2.24, 2.45) is 0 Å². The third-order valence-electron chi connectivity index (χ3n) is 6.52.